The Bertz CT molecular complexity index is 1100. The molecule has 1 aliphatic carbocycles. The summed E-state index contributed by atoms with van der Waals surface area (Å²) in [6, 6.07) is 0. The average molecular weight is 665 g/mol. The molecule has 5 fully saturated rings. The number of fused-ring (bicyclic) bond motifs is 2. The molecule has 0 aromatic carbocycles. The standard InChI is InChI=1S/C35H60N4O8/c1-4-19(2)34(44)46-26-16-24-31(43)30-25(42)15-22(18-41)45-33(30)29(23(6-5-13-40)21-10-12-38-28(37)14-21)32(24)47-35(26,3)11-9-20-7-8-27(36)39-17-20/h4,20-24,26-33,38-41,43H,5-18,36-37H2,1-3H3. The van der Waals surface area contributed by atoms with E-state index in [4.69, 9.17) is 25.7 Å². The molecule has 4 heterocycles. The van der Waals surface area contributed by atoms with E-state index >= 15 is 0 Å². The topological polar surface area (TPSA) is 199 Å². The normalized spacial score (nSPS) is 43.5. The third-order valence-corrected chi connectivity index (χ3v) is 12.1. The smallest absolute Gasteiger partial charge is 0.333 e. The summed E-state index contributed by atoms with van der Waals surface area (Å²) in [5, 5.41) is 38.8. The number of aliphatic hydroxyl groups is 3. The molecule has 4 aliphatic heterocycles. The second-order valence-electron chi connectivity index (χ2n) is 15.2. The molecule has 14 atom stereocenters. The molecule has 4 saturated heterocycles. The SMILES string of the molecule is CC=C(C)C(=O)OC1CC2C(O)C3C(=O)CC(CO)OC3C(C(CCCO)C3CCNC(N)C3)C2OC1(C)CCC1CCC(N)NC1. The first-order valence-corrected chi connectivity index (χ1v) is 18.1. The van der Waals surface area contributed by atoms with Crippen LogP contribution in [0.2, 0.25) is 0 Å². The number of carbonyl (C=O) groups excluding carboxylic acids is 2. The number of ketones is 1. The molecule has 0 amide bonds. The Morgan fingerprint density at radius 2 is 1.94 bits per heavy atom. The Morgan fingerprint density at radius 3 is 2.60 bits per heavy atom. The Balaban J connectivity index is 1.53. The molecule has 0 aromatic heterocycles. The van der Waals surface area contributed by atoms with Gasteiger partial charge in [0.25, 0.3) is 0 Å². The van der Waals surface area contributed by atoms with Crippen molar-refractivity contribution in [2.75, 3.05) is 26.3 Å². The molecule has 0 radical (unpaired) electrons. The number of piperidine rings is 2. The average Bonchev–Trinajstić information content (AvgIpc) is 3.05. The van der Waals surface area contributed by atoms with Gasteiger partial charge < -0.3 is 51.6 Å². The van der Waals surface area contributed by atoms with E-state index in [-0.39, 0.29) is 55.5 Å². The Morgan fingerprint density at radius 1 is 1.15 bits per heavy atom. The highest BCUT2D eigenvalue weighted by Gasteiger charge is 2.63. The first-order valence-electron chi connectivity index (χ1n) is 18.1. The Labute approximate surface area is 279 Å². The van der Waals surface area contributed by atoms with Crippen molar-refractivity contribution in [3.63, 3.8) is 0 Å². The first kappa shape index (κ1) is 36.8. The van der Waals surface area contributed by atoms with Crippen LogP contribution < -0.4 is 22.1 Å². The third kappa shape index (κ3) is 8.13. The van der Waals surface area contributed by atoms with Gasteiger partial charge >= 0.3 is 5.97 Å². The van der Waals surface area contributed by atoms with Crippen LogP contribution in [0, 0.1) is 35.5 Å². The third-order valence-electron chi connectivity index (χ3n) is 12.1. The van der Waals surface area contributed by atoms with Crippen LogP contribution in [0.1, 0.15) is 85.0 Å². The van der Waals surface area contributed by atoms with Gasteiger partial charge in [-0.05, 0) is 109 Å². The number of ether oxygens (including phenoxy) is 3. The van der Waals surface area contributed by atoms with Crippen LogP contribution in [0.25, 0.3) is 0 Å². The van der Waals surface area contributed by atoms with Crippen LogP contribution in [0.3, 0.4) is 0 Å². The van der Waals surface area contributed by atoms with Gasteiger partial charge in [-0.15, -0.1) is 0 Å². The zero-order valence-electron chi connectivity index (χ0n) is 28.5. The van der Waals surface area contributed by atoms with E-state index < -0.39 is 53.9 Å². The summed E-state index contributed by atoms with van der Waals surface area (Å²) in [5.41, 5.74) is 12.2. The number of aliphatic hydroxyl groups excluding tert-OH is 3. The second-order valence-corrected chi connectivity index (χ2v) is 15.2. The Hall–Kier alpha value is -1.48. The molecule has 47 heavy (non-hydrogen) atoms. The summed E-state index contributed by atoms with van der Waals surface area (Å²) in [6.07, 6.45) is 4.73. The van der Waals surface area contributed by atoms with E-state index in [0.29, 0.717) is 37.2 Å². The van der Waals surface area contributed by atoms with Gasteiger partial charge in [0.05, 0.1) is 49.3 Å². The maximum absolute atomic E-state index is 13.7. The monoisotopic (exact) mass is 664 g/mol. The van der Waals surface area contributed by atoms with Crippen molar-refractivity contribution >= 4 is 11.8 Å². The number of carbonyl (C=O) groups is 2. The second kappa shape index (κ2) is 16.0. The van der Waals surface area contributed by atoms with E-state index in [9.17, 15) is 24.9 Å². The van der Waals surface area contributed by atoms with E-state index in [0.717, 1.165) is 45.2 Å². The summed E-state index contributed by atoms with van der Waals surface area (Å²) in [6.45, 7) is 6.87. The molecule has 14 unspecified atom stereocenters. The fourth-order valence-electron chi connectivity index (χ4n) is 9.31. The highest BCUT2D eigenvalue weighted by atomic mass is 16.6. The molecule has 0 aromatic rings. The maximum Gasteiger partial charge on any atom is 0.333 e. The van der Waals surface area contributed by atoms with Crippen LogP contribution in [-0.2, 0) is 23.8 Å². The number of Topliss-reactive ketones (excluding diaryl/α,β-unsaturated/α-hetero) is 1. The molecular weight excluding hydrogens is 604 g/mol. The van der Waals surface area contributed by atoms with Gasteiger partial charge in [-0.25, -0.2) is 4.79 Å². The fraction of sp³-hybridized carbons (Fsp3) is 0.886. The van der Waals surface area contributed by atoms with Gasteiger partial charge in [-0.2, -0.15) is 0 Å². The number of hydrogen-bond acceptors (Lipinski definition) is 12. The number of rotatable bonds is 11. The van der Waals surface area contributed by atoms with Crippen molar-refractivity contribution in [1.82, 2.24) is 10.6 Å². The lowest BCUT2D eigenvalue weighted by atomic mass is 9.57. The minimum Gasteiger partial charge on any atom is -0.456 e. The van der Waals surface area contributed by atoms with Crippen molar-refractivity contribution in [1.29, 1.82) is 0 Å². The first-order chi connectivity index (χ1) is 22.5. The summed E-state index contributed by atoms with van der Waals surface area (Å²) in [7, 11) is 0. The largest absolute Gasteiger partial charge is 0.456 e. The minimum absolute atomic E-state index is 0.00313. The highest BCUT2D eigenvalue weighted by molar-refractivity contribution is 5.87. The van der Waals surface area contributed by atoms with Crippen LogP contribution in [0.15, 0.2) is 11.6 Å². The molecule has 9 N–H and O–H groups in total. The molecule has 12 heteroatoms. The number of esters is 1. The van der Waals surface area contributed by atoms with E-state index in [1.807, 2.05) is 6.92 Å². The maximum atomic E-state index is 13.7. The zero-order valence-corrected chi connectivity index (χ0v) is 28.5. The zero-order chi connectivity index (χ0) is 33.9. The van der Waals surface area contributed by atoms with Gasteiger partial charge in [-0.3, -0.25) is 4.79 Å². The number of allylic oxidation sites excluding steroid dienone is 1. The summed E-state index contributed by atoms with van der Waals surface area (Å²) in [4.78, 5) is 27.0. The summed E-state index contributed by atoms with van der Waals surface area (Å²) in [5.74, 6) is -1.50. The molecule has 0 spiro atoms. The van der Waals surface area contributed by atoms with Gasteiger partial charge in [-0.1, -0.05) is 6.08 Å². The molecule has 0 bridgehead atoms. The predicted molar refractivity (Wildman–Crippen MR) is 176 cm³/mol. The van der Waals surface area contributed by atoms with E-state index in [2.05, 4.69) is 10.6 Å². The van der Waals surface area contributed by atoms with Gasteiger partial charge in [0.1, 0.15) is 17.5 Å². The highest BCUT2D eigenvalue weighted by Crippen LogP contribution is 2.54. The molecule has 5 rings (SSSR count). The fourth-order valence-corrected chi connectivity index (χ4v) is 9.31. The van der Waals surface area contributed by atoms with Gasteiger partial charge in [0, 0.05) is 30.4 Å². The van der Waals surface area contributed by atoms with Crippen LogP contribution >= 0.6 is 0 Å². The summed E-state index contributed by atoms with van der Waals surface area (Å²) >= 11 is 0. The predicted octanol–water partition coefficient (Wildman–Crippen LogP) is 1.09. The molecule has 5 aliphatic rings. The van der Waals surface area contributed by atoms with Gasteiger partial charge in [0.15, 0.2) is 0 Å². The van der Waals surface area contributed by atoms with Gasteiger partial charge in [0.2, 0.25) is 0 Å². The number of nitrogens with one attached hydrogen (secondary N) is 2. The number of hydrogen-bond donors (Lipinski definition) is 7. The van der Waals surface area contributed by atoms with Crippen LogP contribution in [0.5, 0.6) is 0 Å². The van der Waals surface area contributed by atoms with Crippen LogP contribution in [-0.4, -0.2) is 102 Å². The van der Waals surface area contributed by atoms with Crippen molar-refractivity contribution < 1.29 is 39.1 Å². The quantitative estimate of drug-likeness (QED) is 0.123. The lowest BCUT2D eigenvalue weighted by Gasteiger charge is -2.60. The van der Waals surface area contributed by atoms with Crippen molar-refractivity contribution in [3.05, 3.63) is 11.6 Å². The van der Waals surface area contributed by atoms with Crippen LogP contribution in [0.4, 0.5) is 0 Å². The van der Waals surface area contributed by atoms with Crippen molar-refractivity contribution in [3.8, 4) is 0 Å². The molecule has 1 saturated carbocycles. The Kier molecular flexibility index (Phi) is 12.6. The molecule has 268 valence electrons. The summed E-state index contributed by atoms with van der Waals surface area (Å²) < 4.78 is 20.0. The van der Waals surface area contributed by atoms with Crippen molar-refractivity contribution in [2.45, 2.75) is 133 Å². The van der Waals surface area contributed by atoms with Crippen molar-refractivity contribution in [2.24, 2.45) is 47.0 Å². The van der Waals surface area contributed by atoms with E-state index in [1.165, 1.54) is 0 Å². The lowest BCUT2D eigenvalue weighted by molar-refractivity contribution is -0.293. The van der Waals surface area contributed by atoms with E-state index in [1.54, 1.807) is 19.9 Å². The number of nitrogens with two attached hydrogens (primary N) is 2. The minimum atomic E-state index is -1.06. The lowest BCUT2D eigenvalue weighted by Crippen LogP contribution is -2.69. The molecular formula is C35H60N4O8. The molecule has 12 nitrogen and oxygen atoms in total.